The number of thioether (sulfide) groups is 4. The number of ether oxygens (including phenoxy) is 1. The van der Waals surface area contributed by atoms with E-state index in [1.807, 2.05) is 47.0 Å². The van der Waals surface area contributed by atoms with Crippen LogP contribution in [0.15, 0.2) is 24.3 Å². The monoisotopic (exact) mass is 419 g/mol. The summed E-state index contributed by atoms with van der Waals surface area (Å²) < 4.78 is 6.13. The minimum atomic E-state index is 0.809. The molecule has 6 heteroatoms. The predicted octanol–water partition coefficient (Wildman–Crippen LogP) is 5.47. The first-order valence-electron chi connectivity index (χ1n) is 8.93. The largest absolute Gasteiger partial charge is 0.491 e. The van der Waals surface area contributed by atoms with Gasteiger partial charge in [-0.3, -0.25) is 0 Å². The number of rotatable bonds is 16. The van der Waals surface area contributed by atoms with Crippen LogP contribution in [0.5, 0.6) is 5.75 Å². The Hall–Kier alpha value is 0.220. The van der Waals surface area contributed by atoms with Gasteiger partial charge >= 0.3 is 0 Å². The fourth-order valence-electron chi connectivity index (χ4n) is 2.30. The molecule has 144 valence electrons. The van der Waals surface area contributed by atoms with E-state index in [1.165, 1.54) is 28.7 Å². The first kappa shape index (κ1) is 23.3. The van der Waals surface area contributed by atoms with Crippen molar-refractivity contribution in [2.24, 2.45) is 0 Å². The highest BCUT2D eigenvalue weighted by atomic mass is 32.2. The average molecular weight is 420 g/mol. The molecule has 0 radical (unpaired) electrons. The molecule has 0 atom stereocenters. The van der Waals surface area contributed by atoms with Crippen molar-refractivity contribution in [3.8, 4) is 5.75 Å². The van der Waals surface area contributed by atoms with Gasteiger partial charge in [-0.05, 0) is 42.6 Å². The Labute approximate surface area is 172 Å². The van der Waals surface area contributed by atoms with Crippen LogP contribution in [0, 0.1) is 0 Å². The second-order valence-corrected chi connectivity index (χ2v) is 10.0. The van der Waals surface area contributed by atoms with E-state index in [2.05, 4.69) is 48.6 Å². The molecule has 0 aromatic heterocycles. The van der Waals surface area contributed by atoms with Gasteiger partial charge in [-0.1, -0.05) is 19.1 Å². The molecule has 0 saturated heterocycles. The van der Waals surface area contributed by atoms with Crippen LogP contribution in [0.4, 0.5) is 5.69 Å². The summed E-state index contributed by atoms with van der Waals surface area (Å²) >= 11 is 7.88. The van der Waals surface area contributed by atoms with Crippen LogP contribution in [0.25, 0.3) is 0 Å². The Balaban J connectivity index is 2.45. The average Bonchev–Trinajstić information content (AvgIpc) is 2.64. The molecular formula is C19H33NOS4. The SMILES string of the molecule is CCSCCSCCCOc1ccccc1N(CCSC)CCSC. The van der Waals surface area contributed by atoms with Crippen molar-refractivity contribution in [3.63, 3.8) is 0 Å². The van der Waals surface area contributed by atoms with Crippen LogP contribution in [-0.4, -0.2) is 66.7 Å². The number of hydrogen-bond acceptors (Lipinski definition) is 6. The number of benzene rings is 1. The number of para-hydroxylation sites is 2. The lowest BCUT2D eigenvalue weighted by molar-refractivity contribution is 0.319. The van der Waals surface area contributed by atoms with Gasteiger partial charge in [-0.25, -0.2) is 0 Å². The topological polar surface area (TPSA) is 12.5 Å². The van der Waals surface area contributed by atoms with E-state index in [4.69, 9.17) is 4.74 Å². The molecule has 0 aliphatic rings. The zero-order chi connectivity index (χ0) is 18.2. The highest BCUT2D eigenvalue weighted by Gasteiger charge is 2.11. The van der Waals surface area contributed by atoms with Crippen molar-refractivity contribution in [2.75, 3.05) is 71.6 Å². The molecule has 1 aromatic carbocycles. The van der Waals surface area contributed by atoms with E-state index in [9.17, 15) is 0 Å². The van der Waals surface area contributed by atoms with Crippen molar-refractivity contribution in [2.45, 2.75) is 13.3 Å². The summed E-state index contributed by atoms with van der Waals surface area (Å²) in [5.41, 5.74) is 1.25. The summed E-state index contributed by atoms with van der Waals surface area (Å²) in [6.07, 6.45) is 5.46. The van der Waals surface area contributed by atoms with Crippen LogP contribution >= 0.6 is 47.0 Å². The maximum atomic E-state index is 6.13. The van der Waals surface area contributed by atoms with Gasteiger partial charge in [0.25, 0.3) is 0 Å². The third-order valence-electron chi connectivity index (χ3n) is 3.60. The van der Waals surface area contributed by atoms with Crippen molar-refractivity contribution in [3.05, 3.63) is 24.3 Å². The van der Waals surface area contributed by atoms with Gasteiger partial charge in [0.15, 0.2) is 0 Å². The highest BCUT2D eigenvalue weighted by molar-refractivity contribution is 8.02. The van der Waals surface area contributed by atoms with E-state index in [0.717, 1.165) is 43.4 Å². The molecule has 0 aliphatic carbocycles. The van der Waals surface area contributed by atoms with E-state index in [1.54, 1.807) is 0 Å². The van der Waals surface area contributed by atoms with E-state index in [0.29, 0.717) is 0 Å². The Morgan fingerprint density at radius 1 is 0.880 bits per heavy atom. The van der Waals surface area contributed by atoms with Gasteiger partial charge in [-0.2, -0.15) is 47.0 Å². The normalized spacial score (nSPS) is 10.8. The van der Waals surface area contributed by atoms with Crippen molar-refractivity contribution in [1.29, 1.82) is 0 Å². The zero-order valence-corrected chi connectivity index (χ0v) is 19.1. The maximum Gasteiger partial charge on any atom is 0.142 e. The molecule has 0 heterocycles. The van der Waals surface area contributed by atoms with Crippen LogP contribution in [0.3, 0.4) is 0 Å². The molecule has 2 nitrogen and oxygen atoms in total. The molecule has 1 rings (SSSR count). The van der Waals surface area contributed by atoms with Gasteiger partial charge in [-0.15, -0.1) is 0 Å². The number of nitrogens with zero attached hydrogens (tertiary/aromatic N) is 1. The van der Waals surface area contributed by atoms with Gasteiger partial charge < -0.3 is 9.64 Å². The van der Waals surface area contributed by atoms with Gasteiger partial charge in [0.1, 0.15) is 5.75 Å². The highest BCUT2D eigenvalue weighted by Crippen LogP contribution is 2.28. The van der Waals surface area contributed by atoms with E-state index in [-0.39, 0.29) is 0 Å². The van der Waals surface area contributed by atoms with Crippen LogP contribution < -0.4 is 9.64 Å². The van der Waals surface area contributed by atoms with Crippen molar-refractivity contribution < 1.29 is 4.74 Å². The lowest BCUT2D eigenvalue weighted by Crippen LogP contribution is -2.28. The molecule has 0 N–H and O–H groups in total. The van der Waals surface area contributed by atoms with Crippen molar-refractivity contribution in [1.82, 2.24) is 0 Å². The minimum Gasteiger partial charge on any atom is -0.491 e. The molecule has 25 heavy (non-hydrogen) atoms. The van der Waals surface area contributed by atoms with Gasteiger partial charge in [0.2, 0.25) is 0 Å². The lowest BCUT2D eigenvalue weighted by Gasteiger charge is -2.26. The molecular weight excluding hydrogens is 386 g/mol. The fourth-order valence-corrected chi connectivity index (χ4v) is 4.87. The van der Waals surface area contributed by atoms with Crippen molar-refractivity contribution >= 4 is 52.7 Å². The Morgan fingerprint density at radius 3 is 2.24 bits per heavy atom. The predicted molar refractivity (Wildman–Crippen MR) is 126 cm³/mol. The summed E-state index contributed by atoms with van der Waals surface area (Å²) in [4.78, 5) is 2.47. The molecule has 0 aliphatic heterocycles. The number of anilines is 1. The summed E-state index contributed by atoms with van der Waals surface area (Å²) in [5.74, 6) is 8.27. The molecule has 0 spiro atoms. The quantitative estimate of drug-likeness (QED) is 0.327. The zero-order valence-electron chi connectivity index (χ0n) is 15.9. The van der Waals surface area contributed by atoms with Crippen LogP contribution in [0.1, 0.15) is 13.3 Å². The Kier molecular flexibility index (Phi) is 15.3. The summed E-state index contributed by atoms with van der Waals surface area (Å²) in [7, 11) is 0. The summed E-state index contributed by atoms with van der Waals surface area (Å²) in [6.45, 7) is 5.19. The summed E-state index contributed by atoms with van der Waals surface area (Å²) in [5, 5.41) is 0. The smallest absolute Gasteiger partial charge is 0.142 e. The Morgan fingerprint density at radius 2 is 1.56 bits per heavy atom. The molecule has 0 bridgehead atoms. The third kappa shape index (κ3) is 10.8. The fraction of sp³-hybridized carbons (Fsp3) is 0.684. The number of hydrogen-bond donors (Lipinski definition) is 0. The first-order valence-corrected chi connectivity index (χ1v) is 14.0. The van der Waals surface area contributed by atoms with E-state index < -0.39 is 0 Å². The van der Waals surface area contributed by atoms with Crippen LogP contribution in [0.2, 0.25) is 0 Å². The third-order valence-corrected chi connectivity index (χ3v) is 7.01. The molecule has 0 amide bonds. The molecule has 0 fully saturated rings. The minimum absolute atomic E-state index is 0.809. The second kappa shape index (κ2) is 16.4. The van der Waals surface area contributed by atoms with Gasteiger partial charge in [0.05, 0.1) is 12.3 Å². The summed E-state index contributed by atoms with van der Waals surface area (Å²) in [6, 6.07) is 8.52. The standard InChI is InChI=1S/C19H33NOS4/c1-4-24-16-17-25-13-7-12-21-19-9-6-5-8-18(19)20(10-14-22-2)11-15-23-3/h5-6,8-9H,4,7,10-17H2,1-3H3. The molecule has 1 aromatic rings. The van der Waals surface area contributed by atoms with Gasteiger partial charge in [0, 0.05) is 36.1 Å². The lowest BCUT2D eigenvalue weighted by atomic mass is 10.2. The Bertz CT molecular complexity index is 426. The second-order valence-electron chi connectivity index (χ2n) is 5.45. The maximum absolute atomic E-state index is 6.13. The first-order chi connectivity index (χ1) is 12.3. The molecule has 0 saturated carbocycles. The van der Waals surface area contributed by atoms with Crippen LogP contribution in [-0.2, 0) is 0 Å². The molecule has 0 unspecified atom stereocenters. The van der Waals surface area contributed by atoms with E-state index >= 15 is 0 Å².